The number of halogens is 1. The molecular formula is C11H13ClO2. The second-order valence-electron chi connectivity index (χ2n) is 3.20. The van der Waals surface area contributed by atoms with Crippen molar-refractivity contribution in [3.8, 4) is 0 Å². The standard InChI is InChI=1S/C11H13ClO2/c1-9(7-12)11(14-8-13)10-5-3-2-4-6-10/h2-6,8-9,11H,7H2,1H3/t9-,11+/m0/s1. The van der Waals surface area contributed by atoms with Gasteiger partial charge in [0.25, 0.3) is 6.47 Å². The highest BCUT2D eigenvalue weighted by molar-refractivity contribution is 6.18. The third kappa shape index (κ3) is 2.74. The summed E-state index contributed by atoms with van der Waals surface area (Å²) in [6.45, 7) is 2.43. The van der Waals surface area contributed by atoms with Gasteiger partial charge >= 0.3 is 0 Å². The molecule has 0 amide bonds. The summed E-state index contributed by atoms with van der Waals surface area (Å²) < 4.78 is 5.02. The van der Waals surface area contributed by atoms with Crippen LogP contribution in [0.25, 0.3) is 0 Å². The average molecular weight is 213 g/mol. The smallest absolute Gasteiger partial charge is 0.293 e. The number of carbonyl (C=O) groups is 1. The molecule has 0 aliphatic carbocycles. The zero-order valence-corrected chi connectivity index (χ0v) is 8.78. The van der Waals surface area contributed by atoms with Crippen molar-refractivity contribution in [1.82, 2.24) is 0 Å². The summed E-state index contributed by atoms with van der Waals surface area (Å²) in [7, 11) is 0. The zero-order chi connectivity index (χ0) is 10.4. The van der Waals surface area contributed by atoms with Gasteiger partial charge in [-0.1, -0.05) is 37.3 Å². The molecule has 76 valence electrons. The van der Waals surface area contributed by atoms with Crippen molar-refractivity contribution in [3.05, 3.63) is 35.9 Å². The van der Waals surface area contributed by atoms with E-state index in [1.165, 1.54) is 0 Å². The molecule has 1 rings (SSSR count). The van der Waals surface area contributed by atoms with E-state index in [0.29, 0.717) is 12.4 Å². The number of alkyl halides is 1. The van der Waals surface area contributed by atoms with Crippen molar-refractivity contribution in [1.29, 1.82) is 0 Å². The first-order valence-corrected chi connectivity index (χ1v) is 5.03. The highest BCUT2D eigenvalue weighted by atomic mass is 35.5. The molecule has 0 aromatic heterocycles. The van der Waals surface area contributed by atoms with E-state index in [1.54, 1.807) is 0 Å². The van der Waals surface area contributed by atoms with Crippen molar-refractivity contribution >= 4 is 18.1 Å². The quantitative estimate of drug-likeness (QED) is 0.554. The third-order valence-electron chi connectivity index (χ3n) is 2.09. The van der Waals surface area contributed by atoms with Gasteiger partial charge in [-0.15, -0.1) is 11.6 Å². The Morgan fingerprint density at radius 1 is 1.43 bits per heavy atom. The maximum absolute atomic E-state index is 10.3. The molecule has 2 atom stereocenters. The van der Waals surface area contributed by atoms with E-state index in [0.717, 1.165) is 5.56 Å². The van der Waals surface area contributed by atoms with Crippen LogP contribution < -0.4 is 0 Å². The lowest BCUT2D eigenvalue weighted by Crippen LogP contribution is -2.14. The molecule has 14 heavy (non-hydrogen) atoms. The molecule has 1 aromatic carbocycles. The van der Waals surface area contributed by atoms with Crippen LogP contribution >= 0.6 is 11.6 Å². The van der Waals surface area contributed by atoms with Crippen LogP contribution in [0.3, 0.4) is 0 Å². The summed E-state index contributed by atoms with van der Waals surface area (Å²) in [6.07, 6.45) is -0.244. The molecule has 0 aliphatic heterocycles. The normalized spacial score (nSPS) is 14.4. The highest BCUT2D eigenvalue weighted by Crippen LogP contribution is 2.25. The summed E-state index contributed by atoms with van der Waals surface area (Å²) in [5.41, 5.74) is 0.979. The minimum absolute atomic E-state index is 0.115. The zero-order valence-electron chi connectivity index (χ0n) is 8.02. The predicted molar refractivity (Wildman–Crippen MR) is 56.2 cm³/mol. The van der Waals surface area contributed by atoms with Crippen LogP contribution in [0.15, 0.2) is 30.3 Å². The van der Waals surface area contributed by atoms with Gasteiger partial charge in [0.2, 0.25) is 0 Å². The first-order chi connectivity index (χ1) is 6.79. The van der Waals surface area contributed by atoms with E-state index in [2.05, 4.69) is 0 Å². The van der Waals surface area contributed by atoms with Gasteiger partial charge in [0, 0.05) is 11.8 Å². The maximum Gasteiger partial charge on any atom is 0.293 e. The Bertz CT molecular complexity index is 274. The summed E-state index contributed by atoms with van der Waals surface area (Å²) in [6, 6.07) is 9.61. The van der Waals surface area contributed by atoms with Crippen LogP contribution in [0.2, 0.25) is 0 Å². The molecule has 3 heteroatoms. The van der Waals surface area contributed by atoms with Crippen LogP contribution in [-0.4, -0.2) is 12.4 Å². The molecule has 1 aromatic rings. The molecule has 0 saturated heterocycles. The van der Waals surface area contributed by atoms with Crippen LogP contribution in [-0.2, 0) is 9.53 Å². The lowest BCUT2D eigenvalue weighted by molar-refractivity contribution is -0.135. The van der Waals surface area contributed by atoms with E-state index in [1.807, 2.05) is 37.3 Å². The predicted octanol–water partition coefficient (Wildman–Crippen LogP) is 2.78. The maximum atomic E-state index is 10.3. The number of rotatable bonds is 5. The third-order valence-corrected chi connectivity index (χ3v) is 2.58. The van der Waals surface area contributed by atoms with Crippen molar-refractivity contribution in [2.75, 3.05) is 5.88 Å². The number of hydrogen-bond acceptors (Lipinski definition) is 2. The molecular weight excluding hydrogens is 200 g/mol. The number of benzene rings is 1. The number of carbonyl (C=O) groups excluding carboxylic acids is 1. The minimum atomic E-state index is -0.244. The van der Waals surface area contributed by atoms with Gasteiger partial charge in [-0.25, -0.2) is 0 Å². The largest absolute Gasteiger partial charge is 0.459 e. The van der Waals surface area contributed by atoms with Crippen molar-refractivity contribution in [2.24, 2.45) is 5.92 Å². The van der Waals surface area contributed by atoms with E-state index in [4.69, 9.17) is 16.3 Å². The second kappa shape index (κ2) is 5.66. The fraction of sp³-hybridized carbons (Fsp3) is 0.364. The minimum Gasteiger partial charge on any atom is -0.459 e. The van der Waals surface area contributed by atoms with Crippen LogP contribution in [0.4, 0.5) is 0 Å². The molecule has 2 nitrogen and oxygen atoms in total. The summed E-state index contributed by atoms with van der Waals surface area (Å²) in [5.74, 6) is 0.581. The lowest BCUT2D eigenvalue weighted by Gasteiger charge is -2.20. The summed E-state index contributed by atoms with van der Waals surface area (Å²) in [4.78, 5) is 10.3. The number of ether oxygens (including phenoxy) is 1. The fourth-order valence-corrected chi connectivity index (χ4v) is 1.49. The van der Waals surface area contributed by atoms with E-state index >= 15 is 0 Å². The SMILES string of the molecule is C[C@@H](CCl)[C@@H](OC=O)c1ccccc1. The molecule has 0 heterocycles. The Balaban J connectivity index is 2.82. The van der Waals surface area contributed by atoms with Gasteiger partial charge < -0.3 is 4.74 Å². The molecule has 0 spiro atoms. The van der Waals surface area contributed by atoms with Gasteiger partial charge in [0.15, 0.2) is 0 Å². The summed E-state index contributed by atoms with van der Waals surface area (Å²) in [5, 5.41) is 0. The Morgan fingerprint density at radius 2 is 2.07 bits per heavy atom. The van der Waals surface area contributed by atoms with E-state index < -0.39 is 0 Å². The molecule has 0 radical (unpaired) electrons. The van der Waals surface area contributed by atoms with Crippen molar-refractivity contribution in [3.63, 3.8) is 0 Å². The topological polar surface area (TPSA) is 26.3 Å². The van der Waals surface area contributed by atoms with Gasteiger partial charge in [-0.05, 0) is 5.56 Å². The van der Waals surface area contributed by atoms with Gasteiger partial charge in [-0.2, -0.15) is 0 Å². The first-order valence-electron chi connectivity index (χ1n) is 4.49. The van der Waals surface area contributed by atoms with Gasteiger partial charge in [-0.3, -0.25) is 4.79 Å². The van der Waals surface area contributed by atoms with Gasteiger partial charge in [0.1, 0.15) is 6.10 Å². The molecule has 0 N–H and O–H groups in total. The Labute approximate surface area is 88.8 Å². The second-order valence-corrected chi connectivity index (χ2v) is 3.50. The van der Waals surface area contributed by atoms with Crippen LogP contribution in [0.1, 0.15) is 18.6 Å². The highest BCUT2D eigenvalue weighted by Gasteiger charge is 2.19. The first kappa shape index (κ1) is 11.1. The van der Waals surface area contributed by atoms with Crippen molar-refractivity contribution in [2.45, 2.75) is 13.0 Å². The Morgan fingerprint density at radius 3 is 2.57 bits per heavy atom. The molecule has 0 fully saturated rings. The monoisotopic (exact) mass is 212 g/mol. The molecule has 0 saturated carbocycles. The fourth-order valence-electron chi connectivity index (χ4n) is 1.32. The Hall–Kier alpha value is -1.02. The molecule has 0 aliphatic rings. The average Bonchev–Trinajstić information content (AvgIpc) is 2.26. The van der Waals surface area contributed by atoms with Crippen LogP contribution in [0.5, 0.6) is 0 Å². The van der Waals surface area contributed by atoms with Crippen molar-refractivity contribution < 1.29 is 9.53 Å². The Kier molecular flexibility index (Phi) is 4.47. The molecule has 0 unspecified atom stereocenters. The number of hydrogen-bond donors (Lipinski definition) is 0. The summed E-state index contributed by atoms with van der Waals surface area (Å²) >= 11 is 5.74. The molecule has 0 bridgehead atoms. The van der Waals surface area contributed by atoms with E-state index in [-0.39, 0.29) is 12.0 Å². The van der Waals surface area contributed by atoms with E-state index in [9.17, 15) is 4.79 Å². The van der Waals surface area contributed by atoms with Crippen LogP contribution in [0, 0.1) is 5.92 Å². The van der Waals surface area contributed by atoms with Gasteiger partial charge in [0.05, 0.1) is 0 Å². The lowest BCUT2D eigenvalue weighted by atomic mass is 9.99.